The zero-order valence-electron chi connectivity index (χ0n) is 8.94. The van der Waals surface area contributed by atoms with Gasteiger partial charge in [-0.05, 0) is 19.3 Å². The van der Waals surface area contributed by atoms with Gasteiger partial charge in [-0.1, -0.05) is 0 Å². The summed E-state index contributed by atoms with van der Waals surface area (Å²) in [6.45, 7) is 2.04. The molecule has 0 spiro atoms. The monoisotopic (exact) mass is 208 g/mol. The van der Waals surface area contributed by atoms with Crippen molar-refractivity contribution in [2.75, 3.05) is 30.8 Å². The van der Waals surface area contributed by atoms with Crippen molar-refractivity contribution < 1.29 is 4.74 Å². The number of aromatic nitrogens is 2. The fourth-order valence-electron chi connectivity index (χ4n) is 1.78. The van der Waals surface area contributed by atoms with E-state index in [-0.39, 0.29) is 0 Å². The molecule has 5 heteroatoms. The van der Waals surface area contributed by atoms with Crippen LogP contribution in [0, 0.1) is 0 Å². The second kappa shape index (κ2) is 4.33. The molecule has 1 aromatic heterocycles. The SMILES string of the molecule is COc1nc(N2CCCCC2)ncc1N. The van der Waals surface area contributed by atoms with E-state index in [2.05, 4.69) is 14.9 Å². The zero-order valence-corrected chi connectivity index (χ0v) is 8.94. The molecule has 0 aliphatic carbocycles. The van der Waals surface area contributed by atoms with Crippen molar-refractivity contribution in [2.24, 2.45) is 0 Å². The van der Waals surface area contributed by atoms with E-state index >= 15 is 0 Å². The average Bonchev–Trinajstić information content (AvgIpc) is 2.31. The number of hydrogen-bond donors (Lipinski definition) is 1. The topological polar surface area (TPSA) is 64.3 Å². The van der Waals surface area contributed by atoms with Gasteiger partial charge in [-0.2, -0.15) is 4.98 Å². The smallest absolute Gasteiger partial charge is 0.241 e. The van der Waals surface area contributed by atoms with Crippen LogP contribution in [0.5, 0.6) is 5.88 Å². The summed E-state index contributed by atoms with van der Waals surface area (Å²) >= 11 is 0. The van der Waals surface area contributed by atoms with Gasteiger partial charge in [0.25, 0.3) is 0 Å². The van der Waals surface area contributed by atoms with E-state index in [0.717, 1.165) is 19.0 Å². The van der Waals surface area contributed by atoms with Crippen LogP contribution in [0.25, 0.3) is 0 Å². The summed E-state index contributed by atoms with van der Waals surface area (Å²) in [6, 6.07) is 0. The van der Waals surface area contributed by atoms with Crippen molar-refractivity contribution in [3.8, 4) is 5.88 Å². The molecule has 0 bridgehead atoms. The minimum atomic E-state index is 0.463. The molecule has 0 atom stereocenters. The highest BCUT2D eigenvalue weighted by Gasteiger charge is 2.14. The van der Waals surface area contributed by atoms with Crippen molar-refractivity contribution in [1.82, 2.24) is 9.97 Å². The normalized spacial score (nSPS) is 16.5. The van der Waals surface area contributed by atoms with Crippen LogP contribution in [0.2, 0.25) is 0 Å². The lowest BCUT2D eigenvalue weighted by Crippen LogP contribution is -2.31. The number of nitrogens with zero attached hydrogens (tertiary/aromatic N) is 3. The lowest BCUT2D eigenvalue weighted by atomic mass is 10.1. The van der Waals surface area contributed by atoms with Gasteiger partial charge in [0.1, 0.15) is 5.69 Å². The molecule has 0 amide bonds. The van der Waals surface area contributed by atoms with Crippen LogP contribution in [0.4, 0.5) is 11.6 Å². The van der Waals surface area contributed by atoms with Gasteiger partial charge in [0, 0.05) is 13.1 Å². The molecule has 1 fully saturated rings. The number of rotatable bonds is 2. The third-order valence-corrected chi connectivity index (χ3v) is 2.60. The fraction of sp³-hybridized carbons (Fsp3) is 0.600. The quantitative estimate of drug-likeness (QED) is 0.787. The summed E-state index contributed by atoms with van der Waals surface area (Å²) < 4.78 is 5.07. The Morgan fingerprint density at radius 1 is 1.33 bits per heavy atom. The third-order valence-electron chi connectivity index (χ3n) is 2.60. The van der Waals surface area contributed by atoms with Crippen LogP contribution in [-0.4, -0.2) is 30.2 Å². The van der Waals surface area contributed by atoms with Crippen molar-refractivity contribution in [1.29, 1.82) is 0 Å². The number of nitrogens with two attached hydrogens (primary N) is 1. The Labute approximate surface area is 89.3 Å². The first-order valence-electron chi connectivity index (χ1n) is 5.22. The summed E-state index contributed by atoms with van der Waals surface area (Å²) in [5.74, 6) is 1.19. The number of hydrogen-bond acceptors (Lipinski definition) is 5. The minimum absolute atomic E-state index is 0.463. The highest BCUT2D eigenvalue weighted by Crippen LogP contribution is 2.21. The van der Waals surface area contributed by atoms with Gasteiger partial charge < -0.3 is 15.4 Å². The second-order valence-corrected chi connectivity index (χ2v) is 3.68. The van der Waals surface area contributed by atoms with Crippen LogP contribution in [0.1, 0.15) is 19.3 Å². The van der Waals surface area contributed by atoms with Crippen molar-refractivity contribution in [3.63, 3.8) is 0 Å². The molecule has 1 aromatic rings. The molecule has 0 aromatic carbocycles. The van der Waals surface area contributed by atoms with Crippen molar-refractivity contribution >= 4 is 11.6 Å². The minimum Gasteiger partial charge on any atom is -0.479 e. The Kier molecular flexibility index (Phi) is 2.89. The van der Waals surface area contributed by atoms with E-state index in [4.69, 9.17) is 10.5 Å². The van der Waals surface area contributed by atoms with Gasteiger partial charge in [-0.15, -0.1) is 0 Å². The van der Waals surface area contributed by atoms with E-state index in [1.54, 1.807) is 13.3 Å². The molecule has 5 nitrogen and oxygen atoms in total. The standard InChI is InChI=1S/C10H16N4O/c1-15-9-8(11)7-12-10(13-9)14-5-3-2-4-6-14/h7H,2-6,11H2,1H3. The Morgan fingerprint density at radius 3 is 2.73 bits per heavy atom. The van der Waals surface area contributed by atoms with Gasteiger partial charge in [-0.3, -0.25) is 0 Å². The zero-order chi connectivity index (χ0) is 10.7. The maximum absolute atomic E-state index is 5.66. The molecule has 0 unspecified atom stereocenters. The predicted molar refractivity (Wildman–Crippen MR) is 59.1 cm³/mol. The molecule has 2 heterocycles. The van der Waals surface area contributed by atoms with Crippen LogP contribution in [0.3, 0.4) is 0 Å². The predicted octanol–water partition coefficient (Wildman–Crippen LogP) is 1.06. The molecular weight excluding hydrogens is 192 g/mol. The number of anilines is 2. The van der Waals surface area contributed by atoms with Crippen LogP contribution < -0.4 is 15.4 Å². The molecule has 2 rings (SSSR count). The number of nitrogen functional groups attached to an aromatic ring is 1. The molecule has 1 aliphatic rings. The van der Waals surface area contributed by atoms with Gasteiger partial charge >= 0.3 is 0 Å². The molecule has 82 valence electrons. The molecule has 15 heavy (non-hydrogen) atoms. The van der Waals surface area contributed by atoms with Gasteiger partial charge in [-0.25, -0.2) is 4.98 Å². The molecule has 0 saturated carbocycles. The first-order chi connectivity index (χ1) is 7.31. The second-order valence-electron chi connectivity index (χ2n) is 3.68. The summed E-state index contributed by atoms with van der Waals surface area (Å²) in [5.41, 5.74) is 6.15. The van der Waals surface area contributed by atoms with Gasteiger partial charge in [0.2, 0.25) is 11.8 Å². The van der Waals surface area contributed by atoms with Gasteiger partial charge in [0.05, 0.1) is 13.3 Å². The van der Waals surface area contributed by atoms with E-state index in [0.29, 0.717) is 11.6 Å². The van der Waals surface area contributed by atoms with E-state index < -0.39 is 0 Å². The Morgan fingerprint density at radius 2 is 2.07 bits per heavy atom. The Bertz CT molecular complexity index is 336. The Hall–Kier alpha value is -1.52. The molecular formula is C10H16N4O. The number of ether oxygens (including phenoxy) is 1. The average molecular weight is 208 g/mol. The Balaban J connectivity index is 2.20. The van der Waals surface area contributed by atoms with Crippen LogP contribution >= 0.6 is 0 Å². The van der Waals surface area contributed by atoms with Crippen LogP contribution in [-0.2, 0) is 0 Å². The summed E-state index contributed by atoms with van der Waals surface area (Å²) in [4.78, 5) is 10.7. The lowest BCUT2D eigenvalue weighted by Gasteiger charge is -2.26. The maximum Gasteiger partial charge on any atom is 0.241 e. The van der Waals surface area contributed by atoms with E-state index in [1.165, 1.54) is 19.3 Å². The number of methoxy groups -OCH3 is 1. The first-order valence-corrected chi connectivity index (χ1v) is 5.22. The summed E-state index contributed by atoms with van der Waals surface area (Å²) in [6.07, 6.45) is 5.31. The first kappa shape index (κ1) is 10.0. The molecule has 2 N–H and O–H groups in total. The van der Waals surface area contributed by atoms with Crippen molar-refractivity contribution in [3.05, 3.63) is 6.20 Å². The van der Waals surface area contributed by atoms with E-state index in [9.17, 15) is 0 Å². The van der Waals surface area contributed by atoms with E-state index in [1.807, 2.05) is 0 Å². The number of piperidine rings is 1. The van der Waals surface area contributed by atoms with Crippen molar-refractivity contribution in [2.45, 2.75) is 19.3 Å². The molecule has 0 radical (unpaired) electrons. The summed E-state index contributed by atoms with van der Waals surface area (Å²) in [7, 11) is 1.57. The third kappa shape index (κ3) is 2.11. The summed E-state index contributed by atoms with van der Waals surface area (Å²) in [5, 5.41) is 0. The lowest BCUT2D eigenvalue weighted by molar-refractivity contribution is 0.398. The molecule has 1 aliphatic heterocycles. The maximum atomic E-state index is 5.66. The highest BCUT2D eigenvalue weighted by molar-refractivity contribution is 5.49. The molecule has 1 saturated heterocycles. The fourth-order valence-corrected chi connectivity index (χ4v) is 1.78. The van der Waals surface area contributed by atoms with Crippen LogP contribution in [0.15, 0.2) is 6.20 Å². The highest BCUT2D eigenvalue weighted by atomic mass is 16.5. The van der Waals surface area contributed by atoms with Gasteiger partial charge in [0.15, 0.2) is 0 Å². The largest absolute Gasteiger partial charge is 0.479 e.